The average Bonchev–Trinajstić information content (AvgIpc) is 3.27. The van der Waals surface area contributed by atoms with Crippen molar-refractivity contribution in [3.63, 3.8) is 0 Å². The standard InChI is InChI=1S/C24H31FN6O/c1-18(2)16-23(24-26-27-28-31(24)17-19-4-6-20(25)7-5-19)30-14-12-29(13-15-30)21-8-10-22(32-3)11-9-21/h4-11,18,23H,12-17H2,1-3H3. The van der Waals surface area contributed by atoms with Crippen LogP contribution in [0.2, 0.25) is 0 Å². The second-order valence-corrected chi connectivity index (χ2v) is 8.69. The van der Waals surface area contributed by atoms with Gasteiger partial charge in [0, 0.05) is 31.9 Å². The lowest BCUT2D eigenvalue weighted by Crippen LogP contribution is -2.48. The number of hydrogen-bond acceptors (Lipinski definition) is 6. The SMILES string of the molecule is COc1ccc(N2CCN(C(CC(C)C)c3nnnn3Cc3ccc(F)cc3)CC2)cc1. The van der Waals surface area contributed by atoms with Crippen LogP contribution in [0.1, 0.15) is 37.7 Å². The lowest BCUT2D eigenvalue weighted by molar-refractivity contribution is 0.153. The van der Waals surface area contributed by atoms with Crippen molar-refractivity contribution in [2.75, 3.05) is 38.2 Å². The minimum atomic E-state index is -0.238. The minimum Gasteiger partial charge on any atom is -0.497 e. The number of nitrogens with zero attached hydrogens (tertiary/aromatic N) is 6. The molecule has 0 amide bonds. The number of hydrogen-bond donors (Lipinski definition) is 0. The molecule has 1 fully saturated rings. The van der Waals surface area contributed by atoms with Gasteiger partial charge in [0.1, 0.15) is 11.6 Å². The zero-order valence-corrected chi connectivity index (χ0v) is 19.0. The summed E-state index contributed by atoms with van der Waals surface area (Å²) >= 11 is 0. The Hall–Kier alpha value is -3.00. The average molecular weight is 439 g/mol. The molecule has 0 bridgehead atoms. The van der Waals surface area contributed by atoms with Gasteiger partial charge in [-0.1, -0.05) is 26.0 Å². The smallest absolute Gasteiger partial charge is 0.168 e. The highest BCUT2D eigenvalue weighted by atomic mass is 19.1. The summed E-state index contributed by atoms with van der Waals surface area (Å²) in [7, 11) is 1.69. The largest absolute Gasteiger partial charge is 0.497 e. The van der Waals surface area contributed by atoms with Crippen LogP contribution in [0, 0.1) is 11.7 Å². The van der Waals surface area contributed by atoms with Gasteiger partial charge in [0.25, 0.3) is 0 Å². The molecule has 1 aliphatic rings. The molecule has 1 aromatic heterocycles. The van der Waals surface area contributed by atoms with Crippen LogP contribution < -0.4 is 9.64 Å². The molecule has 0 saturated carbocycles. The zero-order valence-electron chi connectivity index (χ0n) is 19.0. The number of benzene rings is 2. The quantitative estimate of drug-likeness (QED) is 0.534. The van der Waals surface area contributed by atoms with Crippen LogP contribution in [0.4, 0.5) is 10.1 Å². The third-order valence-corrected chi connectivity index (χ3v) is 5.99. The first-order chi connectivity index (χ1) is 15.5. The van der Waals surface area contributed by atoms with Gasteiger partial charge in [0.05, 0.1) is 19.7 Å². The van der Waals surface area contributed by atoms with Crippen molar-refractivity contribution in [3.8, 4) is 5.75 Å². The summed E-state index contributed by atoms with van der Waals surface area (Å²) < 4.78 is 20.4. The van der Waals surface area contributed by atoms with E-state index < -0.39 is 0 Å². The molecule has 7 nitrogen and oxygen atoms in total. The number of piperazine rings is 1. The van der Waals surface area contributed by atoms with E-state index in [-0.39, 0.29) is 11.9 Å². The number of halogens is 1. The molecular formula is C24H31FN6O. The molecule has 4 rings (SSSR count). The highest BCUT2D eigenvalue weighted by Crippen LogP contribution is 2.29. The van der Waals surface area contributed by atoms with Crippen molar-refractivity contribution >= 4 is 5.69 Å². The predicted molar refractivity (Wildman–Crippen MR) is 122 cm³/mol. The summed E-state index contributed by atoms with van der Waals surface area (Å²) in [4.78, 5) is 4.90. The van der Waals surface area contributed by atoms with Crippen molar-refractivity contribution in [1.29, 1.82) is 0 Å². The number of aromatic nitrogens is 4. The maximum atomic E-state index is 13.3. The predicted octanol–water partition coefficient (Wildman–Crippen LogP) is 3.78. The number of anilines is 1. The molecule has 1 unspecified atom stereocenters. The topological polar surface area (TPSA) is 59.3 Å². The van der Waals surface area contributed by atoms with E-state index in [1.807, 2.05) is 16.8 Å². The third-order valence-electron chi connectivity index (χ3n) is 5.99. The fourth-order valence-electron chi connectivity index (χ4n) is 4.27. The molecule has 1 aliphatic heterocycles. The molecule has 0 radical (unpaired) electrons. The first-order valence-corrected chi connectivity index (χ1v) is 11.2. The minimum absolute atomic E-state index is 0.142. The zero-order chi connectivity index (χ0) is 22.5. The van der Waals surface area contributed by atoms with E-state index in [0.717, 1.165) is 49.7 Å². The first-order valence-electron chi connectivity index (χ1n) is 11.2. The Morgan fingerprint density at radius 3 is 2.28 bits per heavy atom. The highest BCUT2D eigenvalue weighted by Gasteiger charge is 2.30. The highest BCUT2D eigenvalue weighted by molar-refractivity contribution is 5.49. The molecule has 0 spiro atoms. The van der Waals surface area contributed by atoms with Crippen LogP contribution in [0.5, 0.6) is 5.75 Å². The third kappa shape index (κ3) is 5.24. The van der Waals surface area contributed by atoms with E-state index in [4.69, 9.17) is 4.74 Å². The molecule has 1 saturated heterocycles. The molecule has 1 atom stereocenters. The molecule has 170 valence electrons. The van der Waals surface area contributed by atoms with Crippen LogP contribution >= 0.6 is 0 Å². The van der Waals surface area contributed by atoms with Crippen LogP contribution in [0.3, 0.4) is 0 Å². The Labute approximate surface area is 188 Å². The summed E-state index contributed by atoms with van der Waals surface area (Å²) in [6.45, 7) is 8.76. The second-order valence-electron chi connectivity index (χ2n) is 8.69. The van der Waals surface area contributed by atoms with Gasteiger partial charge in [-0.3, -0.25) is 4.90 Å². The van der Waals surface area contributed by atoms with Crippen molar-refractivity contribution in [3.05, 3.63) is 65.7 Å². The Bertz CT molecular complexity index is 980. The summed E-state index contributed by atoms with van der Waals surface area (Å²) in [5, 5.41) is 12.6. The van der Waals surface area contributed by atoms with Gasteiger partial charge >= 0.3 is 0 Å². The van der Waals surface area contributed by atoms with Crippen LogP contribution in [-0.4, -0.2) is 58.4 Å². The Morgan fingerprint density at radius 2 is 1.66 bits per heavy atom. The van der Waals surface area contributed by atoms with Crippen LogP contribution in [0.15, 0.2) is 48.5 Å². The number of rotatable bonds is 8. The van der Waals surface area contributed by atoms with Crippen molar-refractivity contribution in [2.24, 2.45) is 5.92 Å². The van der Waals surface area contributed by atoms with Crippen LogP contribution in [-0.2, 0) is 6.54 Å². The maximum absolute atomic E-state index is 13.3. The first kappa shape index (κ1) is 22.2. The lowest BCUT2D eigenvalue weighted by atomic mass is 10.0. The number of ether oxygens (including phenoxy) is 1. The van der Waals surface area contributed by atoms with Gasteiger partial charge in [0.15, 0.2) is 5.82 Å². The van der Waals surface area contributed by atoms with E-state index in [1.54, 1.807) is 19.2 Å². The van der Waals surface area contributed by atoms with E-state index in [2.05, 4.69) is 51.3 Å². The number of methoxy groups -OCH3 is 1. The van der Waals surface area contributed by atoms with Crippen molar-refractivity contribution in [2.45, 2.75) is 32.9 Å². The fourth-order valence-corrected chi connectivity index (χ4v) is 4.27. The molecule has 0 aliphatic carbocycles. The Balaban J connectivity index is 1.47. The molecule has 2 heterocycles. The van der Waals surface area contributed by atoms with Gasteiger partial charge in [-0.25, -0.2) is 9.07 Å². The molecule has 32 heavy (non-hydrogen) atoms. The van der Waals surface area contributed by atoms with Gasteiger partial charge < -0.3 is 9.64 Å². The summed E-state index contributed by atoms with van der Waals surface area (Å²) in [6, 6.07) is 14.9. The number of tetrazole rings is 1. The van der Waals surface area contributed by atoms with Crippen molar-refractivity contribution in [1.82, 2.24) is 25.1 Å². The Kier molecular flexibility index (Phi) is 6.99. The molecular weight excluding hydrogens is 407 g/mol. The second kappa shape index (κ2) is 10.1. The molecule has 0 N–H and O–H groups in total. The molecule has 8 heteroatoms. The van der Waals surface area contributed by atoms with E-state index in [1.165, 1.54) is 17.8 Å². The fraction of sp³-hybridized carbons (Fsp3) is 0.458. The maximum Gasteiger partial charge on any atom is 0.168 e. The van der Waals surface area contributed by atoms with E-state index in [9.17, 15) is 4.39 Å². The van der Waals surface area contributed by atoms with Gasteiger partial charge in [-0.05, 0) is 64.7 Å². The summed E-state index contributed by atoms with van der Waals surface area (Å²) in [5.41, 5.74) is 2.19. The normalized spacial score (nSPS) is 15.8. The summed E-state index contributed by atoms with van der Waals surface area (Å²) in [5.74, 6) is 2.02. The van der Waals surface area contributed by atoms with Crippen LogP contribution in [0.25, 0.3) is 0 Å². The van der Waals surface area contributed by atoms with Gasteiger partial charge in [-0.2, -0.15) is 0 Å². The van der Waals surface area contributed by atoms with Gasteiger partial charge in [0.2, 0.25) is 0 Å². The van der Waals surface area contributed by atoms with E-state index >= 15 is 0 Å². The Morgan fingerprint density at radius 1 is 0.969 bits per heavy atom. The van der Waals surface area contributed by atoms with E-state index in [0.29, 0.717) is 12.5 Å². The summed E-state index contributed by atoms with van der Waals surface area (Å²) in [6.07, 6.45) is 0.978. The lowest BCUT2D eigenvalue weighted by Gasteiger charge is -2.40. The van der Waals surface area contributed by atoms with Crippen molar-refractivity contribution < 1.29 is 9.13 Å². The molecule has 3 aromatic rings. The van der Waals surface area contributed by atoms with Gasteiger partial charge in [-0.15, -0.1) is 5.10 Å². The monoisotopic (exact) mass is 438 g/mol. The molecule has 2 aromatic carbocycles.